The molecule has 0 aliphatic heterocycles. The Labute approximate surface area is 155 Å². The SMILES string of the molecule is COc1cc(C=CC(=O)Nc2ccc(C)c(Br)c2)ccc1OCC#N. The lowest BCUT2D eigenvalue weighted by Gasteiger charge is -2.09. The first-order valence-corrected chi connectivity index (χ1v) is 8.26. The first kappa shape index (κ1) is 18.6. The van der Waals surface area contributed by atoms with Crippen LogP contribution >= 0.6 is 15.9 Å². The number of benzene rings is 2. The van der Waals surface area contributed by atoms with Gasteiger partial charge >= 0.3 is 0 Å². The number of carbonyl (C=O) groups is 1. The van der Waals surface area contributed by atoms with Crippen molar-refractivity contribution >= 4 is 33.6 Å². The highest BCUT2D eigenvalue weighted by molar-refractivity contribution is 9.10. The summed E-state index contributed by atoms with van der Waals surface area (Å²) in [6, 6.07) is 12.7. The second-order valence-corrected chi connectivity index (χ2v) is 6.00. The third-order valence-corrected chi connectivity index (χ3v) is 4.20. The summed E-state index contributed by atoms with van der Waals surface area (Å²) in [4.78, 5) is 12.0. The first-order chi connectivity index (χ1) is 12.0. The van der Waals surface area contributed by atoms with Gasteiger partial charge in [-0.3, -0.25) is 4.79 Å². The van der Waals surface area contributed by atoms with Crippen LogP contribution in [0.15, 0.2) is 46.9 Å². The fourth-order valence-corrected chi connectivity index (χ4v) is 2.42. The van der Waals surface area contributed by atoms with Crippen molar-refractivity contribution in [2.24, 2.45) is 0 Å². The number of anilines is 1. The van der Waals surface area contributed by atoms with Crippen LogP contribution in [0.4, 0.5) is 5.69 Å². The van der Waals surface area contributed by atoms with Crippen molar-refractivity contribution in [3.05, 3.63) is 58.1 Å². The molecule has 0 aliphatic carbocycles. The average Bonchev–Trinajstić information content (AvgIpc) is 2.61. The summed E-state index contributed by atoms with van der Waals surface area (Å²) in [5.41, 5.74) is 2.59. The zero-order valence-corrected chi connectivity index (χ0v) is 15.5. The molecule has 0 fully saturated rings. The summed E-state index contributed by atoms with van der Waals surface area (Å²) in [5.74, 6) is 0.745. The first-order valence-electron chi connectivity index (χ1n) is 7.46. The van der Waals surface area contributed by atoms with Gasteiger partial charge < -0.3 is 14.8 Å². The second-order valence-electron chi connectivity index (χ2n) is 5.14. The van der Waals surface area contributed by atoms with Crippen LogP contribution in [-0.4, -0.2) is 19.6 Å². The number of hydrogen-bond donors (Lipinski definition) is 1. The van der Waals surface area contributed by atoms with Crippen molar-refractivity contribution in [1.82, 2.24) is 0 Å². The largest absolute Gasteiger partial charge is 0.493 e. The number of amides is 1. The Balaban J connectivity index is 2.06. The van der Waals surface area contributed by atoms with Gasteiger partial charge in [-0.05, 0) is 48.4 Å². The van der Waals surface area contributed by atoms with Crippen molar-refractivity contribution < 1.29 is 14.3 Å². The number of nitriles is 1. The van der Waals surface area contributed by atoms with E-state index in [0.29, 0.717) is 17.2 Å². The van der Waals surface area contributed by atoms with Gasteiger partial charge in [0.05, 0.1) is 7.11 Å². The van der Waals surface area contributed by atoms with E-state index in [-0.39, 0.29) is 12.5 Å². The van der Waals surface area contributed by atoms with Crippen LogP contribution in [0.2, 0.25) is 0 Å². The molecule has 0 aromatic heterocycles. The minimum atomic E-state index is -0.237. The molecule has 0 atom stereocenters. The van der Waals surface area contributed by atoms with E-state index < -0.39 is 0 Å². The average molecular weight is 401 g/mol. The van der Waals surface area contributed by atoms with E-state index in [0.717, 1.165) is 15.6 Å². The molecule has 2 aromatic rings. The van der Waals surface area contributed by atoms with Crippen molar-refractivity contribution in [2.75, 3.05) is 19.0 Å². The number of halogens is 1. The quantitative estimate of drug-likeness (QED) is 0.732. The number of nitrogens with one attached hydrogen (secondary N) is 1. The molecule has 128 valence electrons. The van der Waals surface area contributed by atoms with Crippen LogP contribution in [0.3, 0.4) is 0 Å². The number of rotatable bonds is 6. The van der Waals surface area contributed by atoms with Crippen molar-refractivity contribution in [2.45, 2.75) is 6.92 Å². The van der Waals surface area contributed by atoms with Crippen LogP contribution in [0, 0.1) is 18.3 Å². The summed E-state index contributed by atoms with van der Waals surface area (Å²) in [7, 11) is 1.52. The second kappa shape index (κ2) is 8.90. The zero-order chi connectivity index (χ0) is 18.2. The molecule has 0 bridgehead atoms. The predicted octanol–water partition coefficient (Wildman–Crippen LogP) is 4.32. The number of ether oxygens (including phenoxy) is 2. The maximum atomic E-state index is 12.0. The Morgan fingerprint density at radius 3 is 2.76 bits per heavy atom. The number of methoxy groups -OCH3 is 1. The Morgan fingerprint density at radius 1 is 1.28 bits per heavy atom. The topological polar surface area (TPSA) is 71.3 Å². The molecule has 0 unspecified atom stereocenters. The van der Waals surface area contributed by atoms with Gasteiger partial charge in [0.1, 0.15) is 6.07 Å². The van der Waals surface area contributed by atoms with Gasteiger partial charge in [-0.25, -0.2) is 0 Å². The molecule has 6 heteroatoms. The standard InChI is InChI=1S/C19H17BrN2O3/c1-13-3-6-15(12-16(13)20)22-19(23)8-5-14-4-7-17(25-10-9-21)18(11-14)24-2/h3-8,11-12H,10H2,1-2H3,(H,22,23). The lowest BCUT2D eigenvalue weighted by atomic mass is 10.2. The molecule has 0 saturated heterocycles. The summed E-state index contributed by atoms with van der Waals surface area (Å²) >= 11 is 3.44. The smallest absolute Gasteiger partial charge is 0.248 e. The maximum Gasteiger partial charge on any atom is 0.248 e. The molecule has 2 rings (SSSR count). The number of nitrogens with zero attached hydrogens (tertiary/aromatic N) is 1. The highest BCUT2D eigenvalue weighted by Crippen LogP contribution is 2.28. The van der Waals surface area contributed by atoms with Crippen LogP contribution < -0.4 is 14.8 Å². The molecular weight excluding hydrogens is 384 g/mol. The van der Waals surface area contributed by atoms with E-state index in [1.54, 1.807) is 24.3 Å². The Hall–Kier alpha value is -2.78. The Morgan fingerprint density at radius 2 is 2.08 bits per heavy atom. The van der Waals surface area contributed by atoms with E-state index in [1.807, 2.05) is 31.2 Å². The summed E-state index contributed by atoms with van der Waals surface area (Å²) in [6.07, 6.45) is 3.12. The molecule has 0 saturated carbocycles. The van der Waals surface area contributed by atoms with Crippen molar-refractivity contribution in [3.8, 4) is 17.6 Å². The third-order valence-electron chi connectivity index (χ3n) is 3.35. The molecule has 1 amide bonds. The number of aryl methyl sites for hydroxylation is 1. The molecule has 0 heterocycles. The van der Waals surface area contributed by atoms with E-state index >= 15 is 0 Å². The molecule has 2 aromatic carbocycles. The molecular formula is C19H17BrN2O3. The summed E-state index contributed by atoms with van der Waals surface area (Å²) < 4.78 is 11.4. The van der Waals surface area contributed by atoms with Gasteiger partial charge in [0.2, 0.25) is 5.91 Å². The van der Waals surface area contributed by atoms with Crippen LogP contribution in [0.25, 0.3) is 6.08 Å². The fourth-order valence-electron chi connectivity index (χ4n) is 2.04. The number of hydrogen-bond acceptors (Lipinski definition) is 4. The third kappa shape index (κ3) is 5.37. The van der Waals surface area contributed by atoms with Gasteiger partial charge in [-0.2, -0.15) is 5.26 Å². The summed E-state index contributed by atoms with van der Waals surface area (Å²) in [5, 5.41) is 11.4. The highest BCUT2D eigenvalue weighted by atomic mass is 79.9. The lowest BCUT2D eigenvalue weighted by Crippen LogP contribution is -2.07. The monoisotopic (exact) mass is 400 g/mol. The molecule has 5 nitrogen and oxygen atoms in total. The van der Waals surface area contributed by atoms with Crippen molar-refractivity contribution in [1.29, 1.82) is 5.26 Å². The number of carbonyl (C=O) groups excluding carboxylic acids is 1. The Kier molecular flexibility index (Phi) is 6.61. The van der Waals surface area contributed by atoms with Crippen LogP contribution in [0.1, 0.15) is 11.1 Å². The molecule has 1 N–H and O–H groups in total. The van der Waals surface area contributed by atoms with Gasteiger partial charge in [-0.1, -0.05) is 28.1 Å². The molecule has 0 radical (unpaired) electrons. The normalized spacial score (nSPS) is 10.3. The minimum absolute atomic E-state index is 0.0555. The minimum Gasteiger partial charge on any atom is -0.493 e. The predicted molar refractivity (Wildman–Crippen MR) is 101 cm³/mol. The van der Waals surface area contributed by atoms with E-state index in [4.69, 9.17) is 14.7 Å². The van der Waals surface area contributed by atoms with Gasteiger partial charge in [0.15, 0.2) is 18.1 Å². The van der Waals surface area contributed by atoms with Gasteiger partial charge in [-0.15, -0.1) is 0 Å². The molecule has 0 aliphatic rings. The van der Waals surface area contributed by atoms with Crippen LogP contribution in [-0.2, 0) is 4.79 Å². The summed E-state index contributed by atoms with van der Waals surface area (Å²) in [6.45, 7) is 1.92. The zero-order valence-electron chi connectivity index (χ0n) is 13.9. The highest BCUT2D eigenvalue weighted by Gasteiger charge is 2.05. The van der Waals surface area contributed by atoms with E-state index in [2.05, 4.69) is 21.2 Å². The molecule has 0 spiro atoms. The van der Waals surface area contributed by atoms with Crippen LogP contribution in [0.5, 0.6) is 11.5 Å². The maximum absolute atomic E-state index is 12.0. The van der Waals surface area contributed by atoms with Gasteiger partial charge in [0.25, 0.3) is 0 Å². The van der Waals surface area contributed by atoms with Gasteiger partial charge in [0, 0.05) is 16.2 Å². The lowest BCUT2D eigenvalue weighted by molar-refractivity contribution is -0.111. The molecule has 25 heavy (non-hydrogen) atoms. The fraction of sp³-hybridized carbons (Fsp3) is 0.158. The van der Waals surface area contributed by atoms with E-state index in [1.165, 1.54) is 13.2 Å². The van der Waals surface area contributed by atoms with E-state index in [9.17, 15) is 4.79 Å². The Bertz CT molecular complexity index is 841. The van der Waals surface area contributed by atoms with Crippen molar-refractivity contribution in [3.63, 3.8) is 0 Å².